The van der Waals surface area contributed by atoms with Gasteiger partial charge in [0.1, 0.15) is 5.58 Å². The Morgan fingerprint density at radius 3 is 1.17 bits per heavy atom. The molecule has 3 heteroatoms. The number of furan rings is 1. The Balaban J connectivity index is 1.18. The summed E-state index contributed by atoms with van der Waals surface area (Å²) >= 11 is 0. The van der Waals surface area contributed by atoms with Gasteiger partial charge >= 0.3 is 0 Å². The van der Waals surface area contributed by atoms with Gasteiger partial charge in [-0.2, -0.15) is 0 Å². The van der Waals surface area contributed by atoms with Crippen LogP contribution in [0.5, 0.6) is 0 Å². The number of rotatable bonds is 10. The van der Waals surface area contributed by atoms with Gasteiger partial charge in [-0.3, -0.25) is 0 Å². The molecule has 0 aliphatic carbocycles. The normalized spacial score (nSPS) is 11.7. The van der Waals surface area contributed by atoms with Gasteiger partial charge in [-0.1, -0.05) is 182 Å². The van der Waals surface area contributed by atoms with Crippen LogP contribution in [0.2, 0.25) is 0 Å². The maximum absolute atomic E-state index is 7.26. The molecule has 11 rings (SSSR count). The van der Waals surface area contributed by atoms with Crippen LogP contribution in [0.3, 0.4) is 0 Å². The molecule has 0 saturated carbocycles. The van der Waals surface area contributed by atoms with Gasteiger partial charge in [-0.05, 0) is 101 Å². The monoisotopic (exact) mass is 825 g/mol. The van der Waals surface area contributed by atoms with Gasteiger partial charge in [-0.25, -0.2) is 0 Å². The van der Waals surface area contributed by atoms with E-state index in [2.05, 4.69) is 266 Å². The van der Waals surface area contributed by atoms with Crippen LogP contribution in [0.15, 0.2) is 285 Å². The molecule has 0 radical (unpaired) electrons. The molecule has 0 spiro atoms. The molecule has 300 valence electrons. The molecule has 1 heterocycles. The minimum atomic E-state index is -1.89. The van der Waals surface area contributed by atoms with Crippen molar-refractivity contribution in [1.29, 1.82) is 0 Å². The average Bonchev–Trinajstić information content (AvgIpc) is 3.76. The summed E-state index contributed by atoms with van der Waals surface area (Å²) in [6, 6.07) is 94.2. The molecule has 10 aromatic carbocycles. The molecular formula is C60H43NOS. The molecule has 1 aromatic heterocycles. The predicted molar refractivity (Wildman–Crippen MR) is 265 cm³/mol. The van der Waals surface area contributed by atoms with E-state index in [1.807, 2.05) is 0 Å². The van der Waals surface area contributed by atoms with Crippen molar-refractivity contribution < 1.29 is 4.42 Å². The maximum Gasteiger partial charge on any atom is 0.160 e. The Labute approximate surface area is 370 Å². The first-order valence-corrected chi connectivity index (χ1v) is 23.0. The van der Waals surface area contributed by atoms with Crippen LogP contribution in [0.4, 0.5) is 17.1 Å². The van der Waals surface area contributed by atoms with Crippen molar-refractivity contribution in [3.05, 3.63) is 261 Å². The van der Waals surface area contributed by atoms with Gasteiger partial charge < -0.3 is 9.32 Å². The molecule has 0 unspecified atom stereocenters. The number of fused-ring (bicyclic) bond motifs is 3. The summed E-state index contributed by atoms with van der Waals surface area (Å²) in [5, 5.41) is 2.16. The summed E-state index contributed by atoms with van der Waals surface area (Å²) in [4.78, 5) is 7.52. The Hall–Kier alpha value is -7.85. The molecule has 0 aliphatic heterocycles. The minimum Gasteiger partial charge on any atom is -0.453 e. The summed E-state index contributed by atoms with van der Waals surface area (Å²) < 4.78 is 7.26. The lowest BCUT2D eigenvalue weighted by Gasteiger charge is -2.42. The molecule has 0 fully saturated rings. The summed E-state index contributed by atoms with van der Waals surface area (Å²) in [6.45, 7) is 0. The van der Waals surface area contributed by atoms with Crippen molar-refractivity contribution in [3.63, 3.8) is 0 Å². The largest absolute Gasteiger partial charge is 0.453 e. The maximum atomic E-state index is 7.26. The number of nitrogens with zero attached hydrogens (tertiary/aromatic N) is 1. The molecule has 0 N–H and O–H groups in total. The van der Waals surface area contributed by atoms with Gasteiger partial charge in [-0.15, -0.1) is 10.0 Å². The fraction of sp³-hybridized carbons (Fsp3) is 0. The summed E-state index contributed by atoms with van der Waals surface area (Å²) in [5.74, 6) is 0. The second kappa shape index (κ2) is 16.5. The molecule has 11 aromatic rings. The molecule has 0 saturated heterocycles. The molecule has 0 bridgehead atoms. The second-order valence-corrected chi connectivity index (χ2v) is 18.8. The smallest absolute Gasteiger partial charge is 0.160 e. The standard InChI is InChI=1S/C60H43NOS/c1-7-20-44(21-8-1)45-34-36-48(37-35-45)61(49-38-40-53(41-39-49)63(50-26-13-4-14-27-50,51-28-15-5-16-29-51)52-30-17-6-18-31-52)58-54(46-22-9-2-10-23-46)42-43-57-56-33-19-32-55(59(56)62-60(57)58)47-24-11-3-12-25-47/h1-43H. The number of benzene rings is 10. The molecular weight excluding hydrogens is 783 g/mol. The third-order valence-corrected chi connectivity index (χ3v) is 15.9. The number of hydrogen-bond acceptors (Lipinski definition) is 2. The van der Waals surface area contributed by atoms with E-state index in [0.717, 1.165) is 66.8 Å². The van der Waals surface area contributed by atoms with E-state index < -0.39 is 10.0 Å². The molecule has 2 nitrogen and oxygen atoms in total. The molecule has 63 heavy (non-hydrogen) atoms. The first kappa shape index (κ1) is 38.1. The van der Waals surface area contributed by atoms with Gasteiger partial charge in [0.2, 0.25) is 0 Å². The van der Waals surface area contributed by atoms with Crippen molar-refractivity contribution >= 4 is 49.0 Å². The van der Waals surface area contributed by atoms with E-state index in [4.69, 9.17) is 4.42 Å². The highest BCUT2D eigenvalue weighted by Gasteiger charge is 2.34. The van der Waals surface area contributed by atoms with Gasteiger partial charge in [0.25, 0.3) is 0 Å². The first-order chi connectivity index (χ1) is 31.3. The Morgan fingerprint density at radius 1 is 0.270 bits per heavy atom. The van der Waals surface area contributed by atoms with Crippen LogP contribution >= 0.6 is 10.0 Å². The van der Waals surface area contributed by atoms with Crippen molar-refractivity contribution in [1.82, 2.24) is 0 Å². The number of para-hydroxylation sites is 1. The SMILES string of the molecule is c1ccc(-c2ccc(N(c3ccc(S(c4ccccc4)(c4ccccc4)c4ccccc4)cc3)c3c(-c4ccccc4)ccc4c3oc3c(-c5ccccc5)cccc34)cc2)cc1. The van der Waals surface area contributed by atoms with Crippen molar-refractivity contribution in [2.45, 2.75) is 19.6 Å². The zero-order chi connectivity index (χ0) is 42.0. The van der Waals surface area contributed by atoms with Crippen LogP contribution in [0.1, 0.15) is 0 Å². The lowest BCUT2D eigenvalue weighted by atomic mass is 9.98. The van der Waals surface area contributed by atoms with E-state index >= 15 is 0 Å². The zero-order valence-electron chi connectivity index (χ0n) is 34.6. The highest BCUT2D eigenvalue weighted by molar-refractivity contribution is 8.34. The van der Waals surface area contributed by atoms with Gasteiger partial charge in [0, 0.05) is 52.9 Å². The topological polar surface area (TPSA) is 16.4 Å². The lowest BCUT2D eigenvalue weighted by Crippen LogP contribution is -2.12. The Kier molecular flexibility index (Phi) is 10.0. The summed E-state index contributed by atoms with van der Waals surface area (Å²) in [7, 11) is -1.89. The van der Waals surface area contributed by atoms with Crippen molar-refractivity contribution in [2.75, 3.05) is 4.90 Å². The van der Waals surface area contributed by atoms with Crippen LogP contribution in [0, 0.1) is 0 Å². The van der Waals surface area contributed by atoms with E-state index in [-0.39, 0.29) is 0 Å². The number of hydrogen-bond donors (Lipinski definition) is 0. The second-order valence-electron chi connectivity index (χ2n) is 15.6. The van der Waals surface area contributed by atoms with E-state index in [0.29, 0.717) is 0 Å². The Bertz CT molecular complexity index is 3180. The first-order valence-electron chi connectivity index (χ1n) is 21.4. The predicted octanol–water partition coefficient (Wildman–Crippen LogP) is 17.4. The molecule has 0 aliphatic rings. The zero-order valence-corrected chi connectivity index (χ0v) is 35.4. The van der Waals surface area contributed by atoms with E-state index in [9.17, 15) is 0 Å². The highest BCUT2D eigenvalue weighted by Crippen LogP contribution is 2.73. The number of anilines is 3. The highest BCUT2D eigenvalue weighted by atomic mass is 32.3. The van der Waals surface area contributed by atoms with Crippen LogP contribution < -0.4 is 4.90 Å². The quantitative estimate of drug-likeness (QED) is 0.137. The lowest BCUT2D eigenvalue weighted by molar-refractivity contribution is 0.670. The van der Waals surface area contributed by atoms with E-state index in [1.54, 1.807) is 0 Å². The van der Waals surface area contributed by atoms with Crippen LogP contribution in [-0.4, -0.2) is 0 Å². The van der Waals surface area contributed by atoms with Crippen LogP contribution in [0.25, 0.3) is 55.3 Å². The van der Waals surface area contributed by atoms with Crippen LogP contribution in [-0.2, 0) is 0 Å². The average molecular weight is 826 g/mol. The Morgan fingerprint density at radius 2 is 0.667 bits per heavy atom. The summed E-state index contributed by atoms with van der Waals surface area (Å²) in [6.07, 6.45) is 0. The van der Waals surface area contributed by atoms with Crippen molar-refractivity contribution in [2.24, 2.45) is 0 Å². The third kappa shape index (κ3) is 6.80. The fourth-order valence-corrected chi connectivity index (χ4v) is 13.0. The van der Waals surface area contributed by atoms with Crippen molar-refractivity contribution in [3.8, 4) is 33.4 Å². The van der Waals surface area contributed by atoms with E-state index in [1.165, 1.54) is 25.1 Å². The molecule has 0 amide bonds. The van der Waals surface area contributed by atoms with Gasteiger partial charge in [0.15, 0.2) is 5.58 Å². The fourth-order valence-electron chi connectivity index (χ4n) is 9.10. The minimum absolute atomic E-state index is 0.837. The molecule has 0 atom stereocenters. The third-order valence-electron chi connectivity index (χ3n) is 12.0. The summed E-state index contributed by atoms with van der Waals surface area (Å²) in [5.41, 5.74) is 11.5. The van der Waals surface area contributed by atoms with Gasteiger partial charge in [0.05, 0.1) is 5.69 Å².